The molecule has 0 fully saturated rings. The summed E-state index contributed by atoms with van der Waals surface area (Å²) in [5.41, 5.74) is 0. The maximum absolute atomic E-state index is 8.17. The molecule has 0 saturated heterocycles. The van der Waals surface area contributed by atoms with Gasteiger partial charge in [-0.1, -0.05) is 4.57 Å². The largest absolute Gasteiger partial charge is 3.00 e. The number of hydrogen-bond acceptors (Lipinski definition) is 1. The van der Waals surface area contributed by atoms with Crippen molar-refractivity contribution in [3.63, 3.8) is 0 Å². The fraction of sp³-hybridized carbons (Fsp3) is 0.500. The molecule has 0 aromatic carbocycles. The Kier molecular flexibility index (Phi) is 4670. The molecule has 9 heavy (non-hydrogen) atoms. The molecule has 0 rings (SSSR count). The van der Waals surface area contributed by atoms with E-state index in [0.717, 1.165) is 0 Å². The van der Waals surface area contributed by atoms with Crippen LogP contribution in [0.5, 0.6) is 0 Å². The molecule has 0 aliphatic heterocycles. The third-order valence-electron chi connectivity index (χ3n) is 0. The van der Waals surface area contributed by atoms with E-state index in [1.165, 1.54) is 9.12 Å². The van der Waals surface area contributed by atoms with E-state index in [2.05, 4.69) is 20.8 Å². The van der Waals surface area contributed by atoms with Crippen LogP contribution in [0.15, 0.2) is 0 Å². The number of hydrogen-bond donors (Lipinski definition) is 0. The Balaban J connectivity index is -0.00000000762. The van der Waals surface area contributed by atoms with Gasteiger partial charge in [-0.15, -0.1) is 0 Å². The van der Waals surface area contributed by atoms with Gasteiger partial charge in [-0.2, -0.15) is 20.8 Å². The summed E-state index contributed by atoms with van der Waals surface area (Å²) in [7, 11) is 1.17. The Morgan fingerprint density at radius 1 is 0.778 bits per heavy atom. The molecule has 0 heterocycles. The first-order valence-electron chi connectivity index (χ1n) is 2.36. The monoisotopic (exact) mass is 188 g/mol. The molecule has 0 N–H and O–H groups in total. The molecule has 1 atom stereocenters. The van der Waals surface area contributed by atoms with Gasteiger partial charge in [-0.25, -0.2) is 0 Å². The summed E-state index contributed by atoms with van der Waals surface area (Å²) in [5.74, 6) is 0. The minimum atomic E-state index is 0. The van der Waals surface area contributed by atoms with Crippen LogP contribution in [0.4, 0.5) is 0 Å². The van der Waals surface area contributed by atoms with Crippen LogP contribution in [0.2, 0.25) is 0 Å². The molecule has 0 bridgehead atoms. The fourth-order valence-electron chi connectivity index (χ4n) is 0. The van der Waals surface area contributed by atoms with Crippen LogP contribution >= 0.6 is 9.12 Å². The molecule has 0 aromatic rings. The quantitative estimate of drug-likeness (QED) is 0.422. The van der Waals surface area contributed by atoms with E-state index in [1.54, 1.807) is 20.8 Å². The molecule has 0 aliphatic rings. The predicted octanol–water partition coefficient (Wildman–Crippen LogP) is 2.73. The fourth-order valence-corrected chi connectivity index (χ4v) is 0. The standard InChI is InChI=1S/3C2H5.Cr.H2OP/c3*1-2;;1-2/h3*1H2,2H3;;2H2/q3*-1;+3;+1. The number of rotatable bonds is 0. The first-order valence-corrected chi connectivity index (χ1v) is 2.83. The van der Waals surface area contributed by atoms with Crippen molar-refractivity contribution < 1.29 is 21.9 Å². The molecule has 0 aromatic heterocycles. The molecule has 0 amide bonds. The Bertz CT molecular complexity index is 13.0. The molecular formula is C6H17CrOP+. The van der Waals surface area contributed by atoms with E-state index in [1.807, 2.05) is 0 Å². The van der Waals surface area contributed by atoms with E-state index in [4.69, 9.17) is 4.57 Å². The van der Waals surface area contributed by atoms with Gasteiger partial charge in [0.15, 0.2) is 0 Å². The van der Waals surface area contributed by atoms with Crippen LogP contribution in [0, 0.1) is 20.8 Å². The van der Waals surface area contributed by atoms with E-state index in [9.17, 15) is 0 Å². The maximum atomic E-state index is 8.17. The Hall–Kier alpha value is 0.632. The van der Waals surface area contributed by atoms with Crippen LogP contribution in [-0.2, 0) is 21.9 Å². The SMILES string of the molecule is O=[PH2+].[CH2-]C.[CH2-]C.[CH2-]C.[Cr+3]. The van der Waals surface area contributed by atoms with Gasteiger partial charge in [-0.05, 0) is 0 Å². The summed E-state index contributed by atoms with van der Waals surface area (Å²) in [6.07, 6.45) is 0. The van der Waals surface area contributed by atoms with Crippen molar-refractivity contribution in [1.82, 2.24) is 0 Å². The third kappa shape index (κ3) is 949. The molecular weight excluding hydrogens is 171 g/mol. The van der Waals surface area contributed by atoms with Crippen LogP contribution < -0.4 is 0 Å². The van der Waals surface area contributed by atoms with Gasteiger partial charge in [0.05, 0.1) is 0 Å². The molecule has 1 unspecified atom stereocenters. The smallest absolute Gasteiger partial charge is 0.346 e. The predicted molar refractivity (Wildman–Crippen MR) is 43.5 cm³/mol. The average Bonchev–Trinajstić information content (AvgIpc) is 2.03. The van der Waals surface area contributed by atoms with Gasteiger partial charge >= 0.3 is 26.5 Å². The zero-order valence-corrected chi connectivity index (χ0v) is 8.94. The maximum Gasteiger partial charge on any atom is 3.00 e. The topological polar surface area (TPSA) is 17.1 Å². The van der Waals surface area contributed by atoms with E-state index < -0.39 is 0 Å². The van der Waals surface area contributed by atoms with E-state index >= 15 is 0 Å². The summed E-state index contributed by atoms with van der Waals surface area (Å²) in [4.78, 5) is 0. The van der Waals surface area contributed by atoms with Crippen molar-refractivity contribution >= 4 is 9.12 Å². The molecule has 0 saturated carbocycles. The Morgan fingerprint density at radius 2 is 0.778 bits per heavy atom. The molecule has 1 nitrogen and oxygen atoms in total. The first-order chi connectivity index (χ1) is 4.00. The van der Waals surface area contributed by atoms with Crippen LogP contribution in [0.25, 0.3) is 0 Å². The first kappa shape index (κ1) is 33.4. The van der Waals surface area contributed by atoms with Crippen molar-refractivity contribution in [2.24, 2.45) is 0 Å². The normalized spacial score (nSPS) is 2.44. The van der Waals surface area contributed by atoms with Crippen molar-refractivity contribution in [3.05, 3.63) is 20.8 Å². The molecule has 0 spiro atoms. The zero-order valence-electron chi connectivity index (χ0n) is 6.52. The van der Waals surface area contributed by atoms with Gasteiger partial charge in [0.25, 0.3) is 0 Å². The van der Waals surface area contributed by atoms with Crippen molar-refractivity contribution in [2.75, 3.05) is 0 Å². The molecule has 3 heteroatoms. The third-order valence-corrected chi connectivity index (χ3v) is 0. The van der Waals surface area contributed by atoms with Crippen molar-refractivity contribution in [3.8, 4) is 0 Å². The minimum absolute atomic E-state index is 0. The summed E-state index contributed by atoms with van der Waals surface area (Å²) < 4.78 is 8.17. The minimum Gasteiger partial charge on any atom is -0.346 e. The Morgan fingerprint density at radius 3 is 0.778 bits per heavy atom. The van der Waals surface area contributed by atoms with E-state index in [0.29, 0.717) is 0 Å². The zero-order chi connectivity index (χ0) is 8.00. The molecule has 1 radical (unpaired) electrons. The van der Waals surface area contributed by atoms with Gasteiger partial charge < -0.3 is 20.8 Å². The van der Waals surface area contributed by atoms with Gasteiger partial charge in [0.1, 0.15) is 0 Å². The van der Waals surface area contributed by atoms with Gasteiger partial charge in [0, 0.05) is 0 Å². The summed E-state index contributed by atoms with van der Waals surface area (Å²) in [6, 6.07) is 0. The summed E-state index contributed by atoms with van der Waals surface area (Å²) in [6.45, 7) is 15.0. The van der Waals surface area contributed by atoms with Crippen molar-refractivity contribution in [2.45, 2.75) is 20.8 Å². The van der Waals surface area contributed by atoms with Crippen LogP contribution in [0.1, 0.15) is 20.8 Å². The summed E-state index contributed by atoms with van der Waals surface area (Å²) >= 11 is 0. The van der Waals surface area contributed by atoms with Gasteiger partial charge in [-0.3, -0.25) is 0 Å². The van der Waals surface area contributed by atoms with Crippen LogP contribution in [-0.4, -0.2) is 0 Å². The van der Waals surface area contributed by atoms with Crippen LogP contribution in [0.3, 0.4) is 0 Å². The average molecular weight is 188 g/mol. The second-order valence-corrected chi connectivity index (χ2v) is 0. The Labute approximate surface area is 73.0 Å². The second-order valence-electron chi connectivity index (χ2n) is 0. The second kappa shape index (κ2) is 1260. The molecule has 57 valence electrons. The van der Waals surface area contributed by atoms with Gasteiger partial charge in [0.2, 0.25) is 0 Å². The van der Waals surface area contributed by atoms with Crippen molar-refractivity contribution in [1.29, 1.82) is 0 Å². The molecule has 0 aliphatic carbocycles. The van der Waals surface area contributed by atoms with E-state index in [-0.39, 0.29) is 17.4 Å². The summed E-state index contributed by atoms with van der Waals surface area (Å²) in [5, 5.41) is 0.